The Hall–Kier alpha value is -3.23. The number of hydrogen-bond acceptors (Lipinski definition) is 5. The van der Waals surface area contributed by atoms with E-state index in [-0.39, 0.29) is 17.9 Å². The number of anilines is 1. The molecule has 2 heterocycles. The third-order valence-electron chi connectivity index (χ3n) is 5.80. The minimum Gasteiger partial charge on any atom is -0.476 e. The minimum absolute atomic E-state index is 0.0440. The van der Waals surface area contributed by atoms with Crippen molar-refractivity contribution in [3.05, 3.63) is 54.8 Å². The molecule has 0 saturated carbocycles. The minimum atomic E-state index is -2.55. The molecule has 0 saturated heterocycles. The average Bonchev–Trinajstić information content (AvgIpc) is 3.54. The quantitative estimate of drug-likeness (QED) is 0.187. The number of halogens is 2. The number of nitrogens with one attached hydrogen (secondary N) is 1. The molecule has 0 aliphatic rings. The molecule has 0 aliphatic heterocycles. The van der Waals surface area contributed by atoms with E-state index in [0.717, 1.165) is 32.0 Å². The van der Waals surface area contributed by atoms with Crippen molar-refractivity contribution in [2.45, 2.75) is 90.5 Å². The summed E-state index contributed by atoms with van der Waals surface area (Å²) in [5, 5.41) is 16.4. The number of unbranched alkanes of at least 4 members (excludes halogenated alkanes) is 7. The first-order valence-electron chi connectivity index (χ1n) is 13.2. The SMILES string of the molecule is CCCCCCCCCNc1cnn(CCCCC(C)(F)F)c1.O=C(O)c1ncoc1-c1ccccc1. The van der Waals surface area contributed by atoms with E-state index in [4.69, 9.17) is 9.52 Å². The summed E-state index contributed by atoms with van der Waals surface area (Å²) in [6, 6.07) is 9.01. The molecule has 204 valence electrons. The maximum Gasteiger partial charge on any atom is 0.358 e. The summed E-state index contributed by atoms with van der Waals surface area (Å²) >= 11 is 0. The largest absolute Gasteiger partial charge is 0.476 e. The van der Waals surface area contributed by atoms with Crippen LogP contribution in [0.4, 0.5) is 14.5 Å². The number of carboxylic acids is 1. The van der Waals surface area contributed by atoms with Gasteiger partial charge in [0.05, 0.1) is 11.9 Å². The maximum absolute atomic E-state index is 12.7. The number of alkyl halides is 2. The molecule has 0 atom stereocenters. The molecule has 2 N–H and O–H groups in total. The number of aryl methyl sites for hydroxylation is 1. The highest BCUT2D eigenvalue weighted by Crippen LogP contribution is 2.22. The van der Waals surface area contributed by atoms with Crippen molar-refractivity contribution in [3.63, 3.8) is 0 Å². The van der Waals surface area contributed by atoms with Crippen molar-refractivity contribution in [2.24, 2.45) is 0 Å². The molecule has 1 aromatic carbocycles. The van der Waals surface area contributed by atoms with E-state index < -0.39 is 11.9 Å². The highest BCUT2D eigenvalue weighted by Gasteiger charge is 2.19. The van der Waals surface area contributed by atoms with Gasteiger partial charge in [0, 0.05) is 31.3 Å². The maximum atomic E-state index is 12.7. The predicted molar refractivity (Wildman–Crippen MR) is 142 cm³/mol. The number of aromatic nitrogens is 3. The molecule has 0 unspecified atom stereocenters. The van der Waals surface area contributed by atoms with Crippen LogP contribution < -0.4 is 5.32 Å². The zero-order valence-corrected chi connectivity index (χ0v) is 22.0. The van der Waals surface area contributed by atoms with Gasteiger partial charge in [0.15, 0.2) is 17.8 Å². The third kappa shape index (κ3) is 12.5. The molecule has 3 rings (SSSR count). The number of carbonyl (C=O) groups is 1. The fourth-order valence-electron chi connectivity index (χ4n) is 3.79. The molecule has 0 bridgehead atoms. The standard InChI is InChI=1S/C18H33F2N3.C10H7NO3/c1-3-4-5-6-7-8-10-13-21-17-15-22-23(16-17)14-11-9-12-18(2,19)20;12-10(13)8-9(14-6-11-8)7-4-2-1-3-5-7/h15-16,21H,3-14H2,1-2H3;1-6H,(H,12,13). The van der Waals surface area contributed by atoms with Gasteiger partial charge in [-0.3, -0.25) is 4.68 Å². The van der Waals surface area contributed by atoms with E-state index in [1.54, 1.807) is 12.1 Å². The molecule has 7 nitrogen and oxygen atoms in total. The monoisotopic (exact) mass is 518 g/mol. The Bertz CT molecular complexity index is 1020. The summed E-state index contributed by atoms with van der Waals surface area (Å²) in [6.07, 6.45) is 15.3. The van der Waals surface area contributed by atoms with Crippen LogP contribution in [0.2, 0.25) is 0 Å². The Labute approximate surface area is 218 Å². The van der Waals surface area contributed by atoms with Crippen LogP contribution in [0.25, 0.3) is 11.3 Å². The van der Waals surface area contributed by atoms with E-state index in [0.29, 0.717) is 18.5 Å². The van der Waals surface area contributed by atoms with Crippen LogP contribution in [0, 0.1) is 0 Å². The summed E-state index contributed by atoms with van der Waals surface area (Å²) in [5.74, 6) is -3.34. The smallest absolute Gasteiger partial charge is 0.358 e. The molecule has 0 amide bonds. The van der Waals surface area contributed by atoms with Crippen LogP contribution in [0.1, 0.15) is 88.5 Å². The first kappa shape index (κ1) is 30.0. The predicted octanol–water partition coefficient (Wildman–Crippen LogP) is 7.91. The zero-order chi connectivity index (χ0) is 26.9. The lowest BCUT2D eigenvalue weighted by molar-refractivity contribution is 0.0102. The van der Waals surface area contributed by atoms with Gasteiger partial charge in [-0.1, -0.05) is 75.8 Å². The Morgan fingerprint density at radius 3 is 2.43 bits per heavy atom. The van der Waals surface area contributed by atoms with E-state index in [9.17, 15) is 13.6 Å². The summed E-state index contributed by atoms with van der Waals surface area (Å²) in [5.41, 5.74) is 1.68. The molecule has 37 heavy (non-hydrogen) atoms. The molecule has 0 radical (unpaired) electrons. The second kappa shape index (κ2) is 16.5. The van der Waals surface area contributed by atoms with Gasteiger partial charge in [0.1, 0.15) is 0 Å². The van der Waals surface area contributed by atoms with Crippen LogP contribution in [0.15, 0.2) is 53.5 Å². The highest BCUT2D eigenvalue weighted by atomic mass is 19.3. The van der Waals surface area contributed by atoms with Crippen LogP contribution in [0.5, 0.6) is 0 Å². The van der Waals surface area contributed by atoms with Gasteiger partial charge in [-0.05, 0) is 26.2 Å². The summed E-state index contributed by atoms with van der Waals surface area (Å²) < 4.78 is 32.3. The Morgan fingerprint density at radius 2 is 1.76 bits per heavy atom. The van der Waals surface area contributed by atoms with Gasteiger partial charge in [0.25, 0.3) is 0 Å². The zero-order valence-electron chi connectivity index (χ0n) is 22.0. The number of rotatable bonds is 16. The van der Waals surface area contributed by atoms with Crippen molar-refractivity contribution < 1.29 is 23.1 Å². The normalized spacial score (nSPS) is 11.1. The first-order valence-corrected chi connectivity index (χ1v) is 13.2. The van der Waals surface area contributed by atoms with Gasteiger partial charge in [-0.25, -0.2) is 18.6 Å². The Balaban J connectivity index is 0.000000291. The Morgan fingerprint density at radius 1 is 1.05 bits per heavy atom. The number of aromatic carboxylic acids is 1. The molecule has 2 aromatic heterocycles. The lowest BCUT2D eigenvalue weighted by atomic mass is 10.1. The molecule has 0 aliphatic carbocycles. The van der Waals surface area contributed by atoms with Gasteiger partial charge >= 0.3 is 5.97 Å². The first-order chi connectivity index (χ1) is 17.8. The number of benzene rings is 1. The second-order valence-electron chi connectivity index (χ2n) is 9.27. The summed E-state index contributed by atoms with van der Waals surface area (Å²) in [6.45, 7) is 4.90. The number of oxazole rings is 1. The van der Waals surface area contributed by atoms with E-state index in [2.05, 4.69) is 22.3 Å². The summed E-state index contributed by atoms with van der Waals surface area (Å²) in [7, 11) is 0. The number of hydrogen-bond donors (Lipinski definition) is 2. The summed E-state index contributed by atoms with van der Waals surface area (Å²) in [4.78, 5) is 14.4. The lowest BCUT2D eigenvalue weighted by Gasteiger charge is -2.09. The van der Waals surface area contributed by atoms with Gasteiger partial charge in [0.2, 0.25) is 5.92 Å². The van der Waals surface area contributed by atoms with Gasteiger partial charge < -0.3 is 14.8 Å². The van der Waals surface area contributed by atoms with Gasteiger partial charge in [-0.15, -0.1) is 0 Å². The highest BCUT2D eigenvalue weighted by molar-refractivity contribution is 5.91. The molecular weight excluding hydrogens is 478 g/mol. The molecule has 9 heteroatoms. The van der Waals surface area contributed by atoms with Gasteiger partial charge in [-0.2, -0.15) is 5.10 Å². The van der Waals surface area contributed by atoms with Crippen LogP contribution in [-0.4, -0.2) is 38.3 Å². The van der Waals surface area contributed by atoms with Crippen molar-refractivity contribution in [3.8, 4) is 11.3 Å². The average molecular weight is 519 g/mol. The van der Waals surface area contributed by atoms with Crippen LogP contribution >= 0.6 is 0 Å². The van der Waals surface area contributed by atoms with Crippen molar-refractivity contribution >= 4 is 11.7 Å². The van der Waals surface area contributed by atoms with Crippen molar-refractivity contribution in [2.75, 3.05) is 11.9 Å². The molecular formula is C28H40F2N4O3. The van der Waals surface area contributed by atoms with Crippen molar-refractivity contribution in [1.82, 2.24) is 14.8 Å². The third-order valence-corrected chi connectivity index (χ3v) is 5.80. The van der Waals surface area contributed by atoms with Crippen LogP contribution in [-0.2, 0) is 6.54 Å². The fourth-order valence-corrected chi connectivity index (χ4v) is 3.79. The lowest BCUT2D eigenvalue weighted by Crippen LogP contribution is -2.09. The molecule has 3 aromatic rings. The molecule has 0 spiro atoms. The number of carboxylic acid groups (broad SMARTS) is 1. The van der Waals surface area contributed by atoms with Crippen molar-refractivity contribution in [1.29, 1.82) is 0 Å². The van der Waals surface area contributed by atoms with E-state index in [1.807, 2.05) is 35.3 Å². The fraction of sp³-hybridized carbons (Fsp3) is 0.536. The van der Waals surface area contributed by atoms with Crippen LogP contribution in [0.3, 0.4) is 0 Å². The van der Waals surface area contributed by atoms with E-state index in [1.165, 1.54) is 44.9 Å². The topological polar surface area (TPSA) is 93.2 Å². The van der Waals surface area contributed by atoms with E-state index >= 15 is 0 Å². The second-order valence-corrected chi connectivity index (χ2v) is 9.27. The molecule has 0 fully saturated rings. The number of nitrogens with zero attached hydrogens (tertiary/aromatic N) is 3. The Kier molecular flexibility index (Phi) is 13.4.